The number of para-hydroxylation sites is 1. The second-order valence-corrected chi connectivity index (χ2v) is 7.77. The Morgan fingerprint density at radius 3 is 2.40 bits per heavy atom. The van der Waals surface area contributed by atoms with Crippen LogP contribution in [0.4, 0.5) is 4.39 Å². The number of benzene rings is 2. The van der Waals surface area contributed by atoms with E-state index >= 15 is 0 Å². The first-order chi connectivity index (χ1) is 14.5. The van der Waals surface area contributed by atoms with Crippen LogP contribution in [0.3, 0.4) is 0 Å². The molecule has 2 aromatic carbocycles. The Balaban J connectivity index is 1.68. The second kappa shape index (κ2) is 10.8. The zero-order valence-electron chi connectivity index (χ0n) is 17.4. The van der Waals surface area contributed by atoms with Crippen molar-refractivity contribution in [2.75, 3.05) is 6.61 Å². The minimum Gasteiger partial charge on any atom is -0.484 e. The summed E-state index contributed by atoms with van der Waals surface area (Å²) in [6.07, 6.45) is 5.38. The molecule has 0 saturated heterocycles. The lowest BCUT2D eigenvalue weighted by Crippen LogP contribution is -2.51. The van der Waals surface area contributed by atoms with Gasteiger partial charge in [0, 0.05) is 12.6 Å². The Bertz CT molecular complexity index is 820. The van der Waals surface area contributed by atoms with Gasteiger partial charge in [-0.2, -0.15) is 0 Å². The lowest BCUT2D eigenvalue weighted by Gasteiger charge is -2.31. The molecule has 0 aromatic heterocycles. The van der Waals surface area contributed by atoms with Gasteiger partial charge >= 0.3 is 0 Å². The zero-order chi connectivity index (χ0) is 21.3. The van der Waals surface area contributed by atoms with Gasteiger partial charge in [-0.3, -0.25) is 9.59 Å². The summed E-state index contributed by atoms with van der Waals surface area (Å²) in [5, 5.41) is 3.09. The molecular weight excluding hydrogens is 383 g/mol. The summed E-state index contributed by atoms with van der Waals surface area (Å²) < 4.78 is 18.9. The Hall–Kier alpha value is -2.89. The molecule has 0 unspecified atom stereocenters. The van der Waals surface area contributed by atoms with Gasteiger partial charge in [-0.1, -0.05) is 49.6 Å². The van der Waals surface area contributed by atoms with Crippen LogP contribution in [-0.4, -0.2) is 35.4 Å². The van der Waals surface area contributed by atoms with E-state index in [2.05, 4.69) is 5.32 Å². The fourth-order valence-corrected chi connectivity index (χ4v) is 3.68. The normalized spacial score (nSPS) is 15.3. The van der Waals surface area contributed by atoms with Crippen molar-refractivity contribution in [2.45, 2.75) is 57.7 Å². The highest BCUT2D eigenvalue weighted by Gasteiger charge is 2.28. The molecule has 6 heteroatoms. The molecule has 1 atom stereocenters. The van der Waals surface area contributed by atoms with Gasteiger partial charge in [-0.15, -0.1) is 0 Å². The van der Waals surface area contributed by atoms with Gasteiger partial charge in [0.05, 0.1) is 0 Å². The summed E-state index contributed by atoms with van der Waals surface area (Å²) in [4.78, 5) is 27.3. The minimum absolute atomic E-state index is 0.164. The number of hydrogen-bond donors (Lipinski definition) is 1. The number of amides is 2. The average molecular weight is 413 g/mol. The van der Waals surface area contributed by atoms with E-state index in [1.807, 2.05) is 18.2 Å². The molecule has 0 radical (unpaired) electrons. The predicted octanol–water partition coefficient (Wildman–Crippen LogP) is 4.07. The van der Waals surface area contributed by atoms with Crippen molar-refractivity contribution in [3.63, 3.8) is 0 Å². The van der Waals surface area contributed by atoms with Gasteiger partial charge in [-0.25, -0.2) is 4.39 Å². The van der Waals surface area contributed by atoms with Gasteiger partial charge in [0.15, 0.2) is 6.61 Å². The lowest BCUT2D eigenvalue weighted by molar-refractivity contribution is -0.142. The summed E-state index contributed by atoms with van der Waals surface area (Å²) in [6, 6.07) is 14.5. The van der Waals surface area contributed by atoms with E-state index in [-0.39, 0.29) is 36.8 Å². The van der Waals surface area contributed by atoms with E-state index in [0.717, 1.165) is 31.2 Å². The first kappa shape index (κ1) is 21.8. The smallest absolute Gasteiger partial charge is 0.261 e. The summed E-state index contributed by atoms with van der Waals surface area (Å²) in [6.45, 7) is 1.75. The maximum absolute atomic E-state index is 13.3. The van der Waals surface area contributed by atoms with E-state index in [1.54, 1.807) is 31.2 Å². The van der Waals surface area contributed by atoms with E-state index < -0.39 is 6.04 Å². The van der Waals surface area contributed by atoms with E-state index in [4.69, 9.17) is 4.74 Å². The Morgan fingerprint density at radius 2 is 1.73 bits per heavy atom. The van der Waals surface area contributed by atoms with E-state index in [1.165, 1.54) is 23.5 Å². The maximum atomic E-state index is 13.3. The number of halogens is 1. The van der Waals surface area contributed by atoms with Gasteiger partial charge in [-0.05, 0) is 49.6 Å². The molecule has 2 aromatic rings. The number of rotatable bonds is 8. The summed E-state index contributed by atoms with van der Waals surface area (Å²) in [5.74, 6) is -0.217. The monoisotopic (exact) mass is 412 g/mol. The van der Waals surface area contributed by atoms with Gasteiger partial charge in [0.2, 0.25) is 5.91 Å². The van der Waals surface area contributed by atoms with Crippen molar-refractivity contribution >= 4 is 11.8 Å². The molecule has 3 rings (SSSR count). The molecule has 1 aliphatic carbocycles. The van der Waals surface area contributed by atoms with Crippen LogP contribution in [0.5, 0.6) is 5.75 Å². The van der Waals surface area contributed by atoms with Crippen LogP contribution in [0.15, 0.2) is 54.6 Å². The summed E-state index contributed by atoms with van der Waals surface area (Å²) in [5.41, 5.74) is 0.752. The molecule has 1 aliphatic rings. The highest BCUT2D eigenvalue weighted by molar-refractivity contribution is 5.88. The van der Waals surface area contributed by atoms with Crippen molar-refractivity contribution in [1.82, 2.24) is 10.2 Å². The molecule has 30 heavy (non-hydrogen) atoms. The molecule has 0 spiro atoms. The molecule has 1 N–H and O–H groups in total. The van der Waals surface area contributed by atoms with Crippen LogP contribution < -0.4 is 10.1 Å². The Kier molecular flexibility index (Phi) is 7.82. The first-order valence-corrected chi connectivity index (χ1v) is 10.5. The standard InChI is InChI=1S/C24H29FN2O3/c1-18(24(29)26-21-8-4-2-5-9-21)27(16-19-12-14-20(25)15-13-19)23(28)17-30-22-10-6-3-7-11-22/h3,6-7,10-15,18,21H,2,4-5,8-9,16-17H2,1H3,(H,26,29)/t18-/m0/s1. The third-order valence-corrected chi connectivity index (χ3v) is 5.49. The number of carbonyl (C=O) groups is 2. The molecule has 0 bridgehead atoms. The predicted molar refractivity (Wildman–Crippen MR) is 113 cm³/mol. The topological polar surface area (TPSA) is 58.6 Å². The van der Waals surface area contributed by atoms with Crippen molar-refractivity contribution in [3.05, 3.63) is 66.0 Å². The number of nitrogens with zero attached hydrogens (tertiary/aromatic N) is 1. The number of carbonyl (C=O) groups excluding carboxylic acids is 2. The molecule has 160 valence electrons. The zero-order valence-corrected chi connectivity index (χ0v) is 17.4. The van der Waals surface area contributed by atoms with Crippen LogP contribution >= 0.6 is 0 Å². The summed E-state index contributed by atoms with van der Waals surface area (Å²) >= 11 is 0. The van der Waals surface area contributed by atoms with Crippen LogP contribution in [0.1, 0.15) is 44.6 Å². The number of ether oxygens (including phenoxy) is 1. The summed E-state index contributed by atoms with van der Waals surface area (Å²) in [7, 11) is 0. The SMILES string of the molecule is C[C@@H](C(=O)NC1CCCCC1)N(Cc1ccc(F)cc1)C(=O)COc1ccccc1. The van der Waals surface area contributed by atoms with Crippen LogP contribution in [0, 0.1) is 5.82 Å². The van der Waals surface area contributed by atoms with Crippen LogP contribution in [-0.2, 0) is 16.1 Å². The van der Waals surface area contributed by atoms with E-state index in [9.17, 15) is 14.0 Å². The van der Waals surface area contributed by atoms with Crippen molar-refractivity contribution < 1.29 is 18.7 Å². The molecule has 1 fully saturated rings. The Morgan fingerprint density at radius 1 is 1.07 bits per heavy atom. The quantitative estimate of drug-likeness (QED) is 0.711. The largest absolute Gasteiger partial charge is 0.484 e. The molecule has 5 nitrogen and oxygen atoms in total. The van der Waals surface area contributed by atoms with Gasteiger partial charge in [0.25, 0.3) is 5.91 Å². The van der Waals surface area contributed by atoms with Crippen molar-refractivity contribution in [2.24, 2.45) is 0 Å². The first-order valence-electron chi connectivity index (χ1n) is 10.5. The Labute approximate surface area is 177 Å². The van der Waals surface area contributed by atoms with Crippen LogP contribution in [0.2, 0.25) is 0 Å². The fraction of sp³-hybridized carbons (Fsp3) is 0.417. The van der Waals surface area contributed by atoms with Crippen molar-refractivity contribution in [1.29, 1.82) is 0 Å². The van der Waals surface area contributed by atoms with Crippen molar-refractivity contribution in [3.8, 4) is 5.75 Å². The van der Waals surface area contributed by atoms with Gasteiger partial charge < -0.3 is 15.0 Å². The average Bonchev–Trinajstić information content (AvgIpc) is 2.78. The van der Waals surface area contributed by atoms with E-state index in [0.29, 0.717) is 5.75 Å². The maximum Gasteiger partial charge on any atom is 0.261 e. The van der Waals surface area contributed by atoms with Crippen LogP contribution in [0.25, 0.3) is 0 Å². The highest BCUT2D eigenvalue weighted by Crippen LogP contribution is 2.18. The minimum atomic E-state index is -0.663. The molecule has 0 heterocycles. The fourth-order valence-electron chi connectivity index (χ4n) is 3.68. The molecule has 2 amide bonds. The third-order valence-electron chi connectivity index (χ3n) is 5.49. The lowest BCUT2D eigenvalue weighted by atomic mass is 9.95. The molecule has 0 aliphatic heterocycles. The van der Waals surface area contributed by atoms with Gasteiger partial charge in [0.1, 0.15) is 17.6 Å². The molecule has 1 saturated carbocycles. The second-order valence-electron chi connectivity index (χ2n) is 7.77. The number of hydrogen-bond acceptors (Lipinski definition) is 3. The molecular formula is C24H29FN2O3. The third kappa shape index (κ3) is 6.31. The highest BCUT2D eigenvalue weighted by atomic mass is 19.1. The number of nitrogens with one attached hydrogen (secondary N) is 1.